The lowest BCUT2D eigenvalue weighted by molar-refractivity contribution is 0.318. The van der Waals surface area contributed by atoms with Crippen molar-refractivity contribution in [1.82, 2.24) is 5.32 Å². The molecule has 0 aromatic heterocycles. The Morgan fingerprint density at radius 2 is 1.80 bits per heavy atom. The van der Waals surface area contributed by atoms with E-state index >= 15 is 0 Å². The molecule has 0 saturated heterocycles. The maximum absolute atomic E-state index is 6.02. The summed E-state index contributed by atoms with van der Waals surface area (Å²) in [6.07, 6.45) is 1.23. The highest BCUT2D eigenvalue weighted by Gasteiger charge is 2.29. The molecule has 92 valence electrons. The smallest absolute Gasteiger partial charge is 0.192 e. The van der Waals surface area contributed by atoms with Crippen molar-refractivity contribution in [3.8, 4) is 0 Å². The lowest BCUT2D eigenvalue weighted by Crippen LogP contribution is -2.37. The molecule has 0 spiro atoms. The fraction of sp³-hybridized carbons (Fsp3) is 1.00. The molecular weight excluding hydrogens is 204 g/mol. The first-order valence-electron chi connectivity index (χ1n) is 6.29. The predicted molar refractivity (Wildman–Crippen MR) is 69.7 cm³/mol. The molecule has 0 aliphatic rings. The van der Waals surface area contributed by atoms with Gasteiger partial charge in [-0.1, -0.05) is 13.8 Å². The summed E-state index contributed by atoms with van der Waals surface area (Å²) in [7, 11) is -1.37. The van der Waals surface area contributed by atoms with Crippen LogP contribution in [-0.2, 0) is 4.43 Å². The molecule has 0 fully saturated rings. The summed E-state index contributed by atoms with van der Waals surface area (Å²) in [6.45, 7) is 10.3. The van der Waals surface area contributed by atoms with E-state index in [-0.39, 0.29) is 0 Å². The maximum atomic E-state index is 6.02. The minimum Gasteiger partial charge on any atom is -0.417 e. The van der Waals surface area contributed by atoms with Crippen LogP contribution in [0.4, 0.5) is 0 Å². The maximum Gasteiger partial charge on any atom is 0.192 e. The Morgan fingerprint density at radius 3 is 2.27 bits per heavy atom. The topological polar surface area (TPSA) is 47.3 Å². The molecule has 0 amide bonds. The van der Waals surface area contributed by atoms with Crippen molar-refractivity contribution >= 4 is 8.32 Å². The van der Waals surface area contributed by atoms with Gasteiger partial charge >= 0.3 is 0 Å². The molecule has 0 heterocycles. The van der Waals surface area contributed by atoms with E-state index in [0.717, 1.165) is 26.2 Å². The Morgan fingerprint density at radius 1 is 1.13 bits per heavy atom. The van der Waals surface area contributed by atoms with Crippen LogP contribution in [0.2, 0.25) is 18.1 Å². The van der Waals surface area contributed by atoms with Crippen molar-refractivity contribution in [2.45, 2.75) is 45.3 Å². The highest BCUT2D eigenvalue weighted by molar-refractivity contribution is 6.73. The number of rotatable bonds is 10. The fourth-order valence-electron chi connectivity index (χ4n) is 1.95. The average molecular weight is 232 g/mol. The van der Waals surface area contributed by atoms with E-state index in [1.165, 1.54) is 24.6 Å². The normalized spacial score (nSPS) is 12.0. The van der Waals surface area contributed by atoms with Crippen molar-refractivity contribution in [2.24, 2.45) is 5.73 Å². The molecule has 0 aromatic carbocycles. The van der Waals surface area contributed by atoms with Crippen LogP contribution in [0.1, 0.15) is 27.2 Å². The van der Waals surface area contributed by atoms with Gasteiger partial charge in [-0.3, -0.25) is 0 Å². The molecule has 0 unspecified atom stereocenters. The lowest BCUT2D eigenvalue weighted by atomic mass is 10.5. The highest BCUT2D eigenvalue weighted by atomic mass is 28.4. The minimum atomic E-state index is -1.37. The number of nitrogens with two attached hydrogens (primary N) is 1. The van der Waals surface area contributed by atoms with Crippen LogP contribution >= 0.6 is 0 Å². The van der Waals surface area contributed by atoms with Gasteiger partial charge in [0.1, 0.15) is 0 Å². The molecule has 15 heavy (non-hydrogen) atoms. The molecular formula is C11H28N2OSi. The van der Waals surface area contributed by atoms with Gasteiger partial charge in [0.25, 0.3) is 0 Å². The van der Waals surface area contributed by atoms with Gasteiger partial charge in [-0.15, -0.1) is 0 Å². The zero-order chi connectivity index (χ0) is 11.6. The lowest BCUT2D eigenvalue weighted by Gasteiger charge is -2.28. The second-order valence-electron chi connectivity index (χ2n) is 3.97. The van der Waals surface area contributed by atoms with Gasteiger partial charge in [-0.25, -0.2) is 0 Å². The standard InChI is InChI=1S/C11H28N2OSi/c1-4-14-15(5-2,6-3)11-7-9-13-10-8-12/h13H,4-12H2,1-3H3. The van der Waals surface area contributed by atoms with Gasteiger partial charge in [0, 0.05) is 19.7 Å². The van der Waals surface area contributed by atoms with Crippen molar-refractivity contribution in [3.63, 3.8) is 0 Å². The molecule has 0 radical (unpaired) electrons. The van der Waals surface area contributed by atoms with Crippen LogP contribution in [0.15, 0.2) is 0 Å². The summed E-state index contributed by atoms with van der Waals surface area (Å²) in [6, 6.07) is 3.77. The molecule has 0 saturated carbocycles. The molecule has 0 aliphatic heterocycles. The first kappa shape index (κ1) is 15.1. The summed E-state index contributed by atoms with van der Waals surface area (Å²) in [4.78, 5) is 0. The predicted octanol–water partition coefficient (Wildman–Crippen LogP) is 1.95. The zero-order valence-electron chi connectivity index (χ0n) is 10.6. The third-order valence-corrected chi connectivity index (χ3v) is 7.79. The largest absolute Gasteiger partial charge is 0.417 e. The van der Waals surface area contributed by atoms with Gasteiger partial charge in [0.15, 0.2) is 8.32 Å². The van der Waals surface area contributed by atoms with Crippen LogP contribution < -0.4 is 11.1 Å². The third-order valence-electron chi connectivity index (χ3n) is 3.05. The number of hydrogen-bond donors (Lipinski definition) is 2. The van der Waals surface area contributed by atoms with Crippen molar-refractivity contribution in [1.29, 1.82) is 0 Å². The zero-order valence-corrected chi connectivity index (χ0v) is 11.6. The second-order valence-corrected chi connectivity index (χ2v) is 8.53. The molecule has 0 bridgehead atoms. The Hall–Kier alpha value is 0.0969. The van der Waals surface area contributed by atoms with Gasteiger partial charge in [-0.2, -0.15) is 0 Å². The minimum absolute atomic E-state index is 0.732. The Bertz CT molecular complexity index is 141. The van der Waals surface area contributed by atoms with E-state index in [4.69, 9.17) is 10.2 Å². The van der Waals surface area contributed by atoms with E-state index in [9.17, 15) is 0 Å². The Kier molecular flexibility index (Phi) is 9.39. The first-order valence-corrected chi connectivity index (χ1v) is 8.82. The fourth-order valence-corrected chi connectivity index (χ4v) is 5.14. The highest BCUT2D eigenvalue weighted by Crippen LogP contribution is 2.23. The Labute approximate surface area is 95.9 Å². The first-order chi connectivity index (χ1) is 7.24. The van der Waals surface area contributed by atoms with Crippen LogP contribution in [0.5, 0.6) is 0 Å². The van der Waals surface area contributed by atoms with Crippen molar-refractivity contribution < 1.29 is 4.43 Å². The summed E-state index contributed by atoms with van der Waals surface area (Å²) in [5.74, 6) is 0. The van der Waals surface area contributed by atoms with Crippen LogP contribution in [0.25, 0.3) is 0 Å². The summed E-state index contributed by atoms with van der Waals surface area (Å²) in [5.41, 5.74) is 5.42. The van der Waals surface area contributed by atoms with Gasteiger partial charge < -0.3 is 15.5 Å². The van der Waals surface area contributed by atoms with Crippen molar-refractivity contribution in [3.05, 3.63) is 0 Å². The van der Waals surface area contributed by atoms with Crippen LogP contribution in [0.3, 0.4) is 0 Å². The van der Waals surface area contributed by atoms with Gasteiger partial charge in [-0.05, 0) is 38.0 Å². The van der Waals surface area contributed by atoms with Crippen molar-refractivity contribution in [2.75, 3.05) is 26.2 Å². The van der Waals surface area contributed by atoms with E-state index in [1.54, 1.807) is 0 Å². The molecule has 3 nitrogen and oxygen atoms in total. The van der Waals surface area contributed by atoms with Crippen LogP contribution in [-0.4, -0.2) is 34.6 Å². The summed E-state index contributed by atoms with van der Waals surface area (Å²) in [5, 5.41) is 3.34. The number of hydrogen-bond acceptors (Lipinski definition) is 3. The van der Waals surface area contributed by atoms with E-state index in [0.29, 0.717) is 0 Å². The third kappa shape index (κ3) is 6.30. The number of nitrogens with one attached hydrogen (secondary N) is 1. The average Bonchev–Trinajstić information content (AvgIpc) is 2.27. The molecule has 0 atom stereocenters. The summed E-state index contributed by atoms with van der Waals surface area (Å²) >= 11 is 0. The van der Waals surface area contributed by atoms with E-state index in [1.807, 2.05) is 0 Å². The van der Waals surface area contributed by atoms with Gasteiger partial charge in [0.2, 0.25) is 0 Å². The Balaban J connectivity index is 3.74. The molecule has 4 heteroatoms. The SMILES string of the molecule is CCO[Si](CC)(CC)CCCNCCN. The van der Waals surface area contributed by atoms with E-state index < -0.39 is 8.32 Å². The monoisotopic (exact) mass is 232 g/mol. The molecule has 0 aliphatic carbocycles. The molecule has 3 N–H and O–H groups in total. The van der Waals surface area contributed by atoms with Gasteiger partial charge in [0.05, 0.1) is 0 Å². The molecule has 0 rings (SSSR count). The summed E-state index contributed by atoms with van der Waals surface area (Å²) < 4.78 is 6.02. The van der Waals surface area contributed by atoms with E-state index in [2.05, 4.69) is 26.1 Å². The van der Waals surface area contributed by atoms with Crippen LogP contribution in [0, 0.1) is 0 Å². The second kappa shape index (κ2) is 9.33. The molecule has 0 aromatic rings. The quantitative estimate of drug-likeness (QED) is 0.447.